The van der Waals surface area contributed by atoms with Gasteiger partial charge in [0.05, 0.1) is 19.8 Å². The minimum Gasteiger partial charge on any atom is -0.493 e. The lowest BCUT2D eigenvalue weighted by molar-refractivity contribution is 0.240. The van der Waals surface area contributed by atoms with Gasteiger partial charge in [-0.3, -0.25) is 4.90 Å². The smallest absolute Gasteiger partial charge is 0.161 e. The highest BCUT2D eigenvalue weighted by Crippen LogP contribution is 2.36. The van der Waals surface area contributed by atoms with Crippen LogP contribution in [0.5, 0.6) is 11.5 Å². The molecule has 146 valence electrons. The van der Waals surface area contributed by atoms with E-state index in [1.54, 1.807) is 7.11 Å². The summed E-state index contributed by atoms with van der Waals surface area (Å²) >= 11 is 0. The lowest BCUT2D eigenvalue weighted by atomic mass is 9.93. The van der Waals surface area contributed by atoms with E-state index in [9.17, 15) is 0 Å². The van der Waals surface area contributed by atoms with E-state index in [4.69, 9.17) is 9.47 Å². The van der Waals surface area contributed by atoms with Gasteiger partial charge in [-0.15, -0.1) is 0 Å². The van der Waals surface area contributed by atoms with Crippen molar-refractivity contribution in [1.29, 1.82) is 0 Å². The Labute approximate surface area is 163 Å². The number of hydrogen-bond donors (Lipinski definition) is 1. The van der Waals surface area contributed by atoms with Crippen LogP contribution in [0.25, 0.3) is 0 Å². The van der Waals surface area contributed by atoms with Gasteiger partial charge < -0.3 is 14.8 Å². The number of methoxy groups -OCH3 is 1. The molecule has 4 nitrogen and oxygen atoms in total. The zero-order valence-electron chi connectivity index (χ0n) is 17.0. The van der Waals surface area contributed by atoms with Crippen LogP contribution in [-0.4, -0.2) is 44.8 Å². The predicted octanol–water partition coefficient (Wildman–Crippen LogP) is 4.10. The molecule has 1 heterocycles. The molecule has 1 unspecified atom stereocenters. The molecule has 2 aromatic carbocycles. The fraction of sp³-hybridized carbons (Fsp3) is 0.478. The van der Waals surface area contributed by atoms with Crippen molar-refractivity contribution in [3.63, 3.8) is 0 Å². The summed E-state index contributed by atoms with van der Waals surface area (Å²) in [6.45, 7) is 11.2. The standard InChI is InChI=1S/C23H32N2O2/c1-5-27-21-8-7-19(16-22(21)26-4)23(25-11-6-9-24-10-12-25)20-14-17(2)13-18(3)15-20/h7-8,13-16,23-24H,5-6,9-12H2,1-4H3. The molecule has 4 heteroatoms. The summed E-state index contributed by atoms with van der Waals surface area (Å²) in [6.07, 6.45) is 1.16. The lowest BCUT2D eigenvalue weighted by Crippen LogP contribution is -2.33. The minimum atomic E-state index is 0.216. The average Bonchev–Trinajstić information content (AvgIpc) is 2.92. The number of aryl methyl sites for hydroxylation is 2. The van der Waals surface area contributed by atoms with E-state index in [1.807, 2.05) is 13.0 Å². The van der Waals surface area contributed by atoms with Crippen molar-refractivity contribution in [2.24, 2.45) is 0 Å². The summed E-state index contributed by atoms with van der Waals surface area (Å²) in [4.78, 5) is 2.59. The van der Waals surface area contributed by atoms with Crippen molar-refractivity contribution < 1.29 is 9.47 Å². The maximum absolute atomic E-state index is 5.72. The molecule has 0 aliphatic carbocycles. The van der Waals surface area contributed by atoms with E-state index < -0.39 is 0 Å². The number of benzene rings is 2. The third-order valence-electron chi connectivity index (χ3n) is 5.10. The molecular weight excluding hydrogens is 336 g/mol. The Morgan fingerprint density at radius 2 is 1.74 bits per heavy atom. The predicted molar refractivity (Wildman–Crippen MR) is 111 cm³/mol. The molecule has 1 N–H and O–H groups in total. The van der Waals surface area contributed by atoms with E-state index in [-0.39, 0.29) is 6.04 Å². The molecule has 0 saturated carbocycles. The highest BCUT2D eigenvalue weighted by atomic mass is 16.5. The van der Waals surface area contributed by atoms with Crippen LogP contribution >= 0.6 is 0 Å². The van der Waals surface area contributed by atoms with Crippen LogP contribution in [-0.2, 0) is 0 Å². The molecule has 2 aromatic rings. The molecule has 1 aliphatic heterocycles. The quantitative estimate of drug-likeness (QED) is 0.832. The molecule has 27 heavy (non-hydrogen) atoms. The van der Waals surface area contributed by atoms with Gasteiger partial charge in [0.1, 0.15) is 0 Å². The molecule has 1 atom stereocenters. The van der Waals surface area contributed by atoms with Crippen molar-refractivity contribution in [3.8, 4) is 11.5 Å². The molecular formula is C23H32N2O2. The lowest BCUT2D eigenvalue weighted by Gasteiger charge is -2.32. The van der Waals surface area contributed by atoms with Crippen LogP contribution in [0.2, 0.25) is 0 Å². The van der Waals surface area contributed by atoms with E-state index in [2.05, 4.69) is 54.4 Å². The zero-order valence-corrected chi connectivity index (χ0v) is 17.0. The van der Waals surface area contributed by atoms with Crippen LogP contribution < -0.4 is 14.8 Å². The third kappa shape index (κ3) is 4.82. The summed E-state index contributed by atoms with van der Waals surface area (Å²) in [7, 11) is 1.71. The molecule has 0 aromatic heterocycles. The average molecular weight is 369 g/mol. The molecule has 3 rings (SSSR count). The Morgan fingerprint density at radius 1 is 0.963 bits per heavy atom. The van der Waals surface area contributed by atoms with Gasteiger partial charge in [0.25, 0.3) is 0 Å². The summed E-state index contributed by atoms with van der Waals surface area (Å²) in [6, 6.07) is 13.5. The summed E-state index contributed by atoms with van der Waals surface area (Å²) < 4.78 is 11.4. The fourth-order valence-corrected chi connectivity index (χ4v) is 4.04. The Hall–Kier alpha value is -2.04. The molecule has 0 spiro atoms. The van der Waals surface area contributed by atoms with Gasteiger partial charge in [-0.25, -0.2) is 0 Å². The first-order valence-electron chi connectivity index (χ1n) is 9.96. The van der Waals surface area contributed by atoms with Crippen LogP contribution in [0.1, 0.15) is 41.6 Å². The second-order valence-corrected chi connectivity index (χ2v) is 7.31. The molecule has 1 saturated heterocycles. The Kier molecular flexibility index (Phi) is 6.75. The molecule has 1 fully saturated rings. The van der Waals surface area contributed by atoms with E-state index >= 15 is 0 Å². The van der Waals surface area contributed by atoms with Crippen molar-refractivity contribution in [1.82, 2.24) is 10.2 Å². The normalized spacial score (nSPS) is 16.6. The van der Waals surface area contributed by atoms with Crippen molar-refractivity contribution in [2.45, 2.75) is 33.2 Å². The topological polar surface area (TPSA) is 33.7 Å². The Morgan fingerprint density at radius 3 is 2.44 bits per heavy atom. The monoisotopic (exact) mass is 368 g/mol. The summed E-state index contributed by atoms with van der Waals surface area (Å²) in [5.74, 6) is 1.61. The largest absolute Gasteiger partial charge is 0.493 e. The van der Waals surface area contributed by atoms with Crippen LogP contribution in [0.4, 0.5) is 0 Å². The van der Waals surface area contributed by atoms with Gasteiger partial charge in [0, 0.05) is 19.6 Å². The number of hydrogen-bond acceptors (Lipinski definition) is 4. The maximum Gasteiger partial charge on any atom is 0.161 e. The van der Waals surface area contributed by atoms with Crippen molar-refractivity contribution in [3.05, 3.63) is 58.7 Å². The first-order chi connectivity index (χ1) is 13.1. The first-order valence-corrected chi connectivity index (χ1v) is 9.96. The highest BCUT2D eigenvalue weighted by molar-refractivity contribution is 5.46. The van der Waals surface area contributed by atoms with Gasteiger partial charge in [-0.1, -0.05) is 35.4 Å². The van der Waals surface area contributed by atoms with E-state index in [1.165, 1.54) is 22.3 Å². The zero-order chi connectivity index (χ0) is 19.2. The third-order valence-corrected chi connectivity index (χ3v) is 5.10. The SMILES string of the molecule is CCOc1ccc(C(c2cc(C)cc(C)c2)N2CCCNCC2)cc1OC. The summed E-state index contributed by atoms with van der Waals surface area (Å²) in [5, 5.41) is 3.52. The van der Waals surface area contributed by atoms with Crippen molar-refractivity contribution >= 4 is 0 Å². The van der Waals surface area contributed by atoms with Gasteiger partial charge >= 0.3 is 0 Å². The van der Waals surface area contributed by atoms with Crippen LogP contribution in [0.3, 0.4) is 0 Å². The Bertz CT molecular complexity index is 732. The van der Waals surface area contributed by atoms with Gasteiger partial charge in [0.2, 0.25) is 0 Å². The molecule has 0 bridgehead atoms. The Balaban J connectivity index is 2.05. The minimum absolute atomic E-state index is 0.216. The van der Waals surface area contributed by atoms with Crippen LogP contribution in [0.15, 0.2) is 36.4 Å². The number of nitrogens with one attached hydrogen (secondary N) is 1. The number of nitrogens with zero attached hydrogens (tertiary/aromatic N) is 1. The summed E-state index contributed by atoms with van der Waals surface area (Å²) in [5.41, 5.74) is 5.21. The molecule has 0 amide bonds. The number of ether oxygens (including phenoxy) is 2. The van der Waals surface area contributed by atoms with Gasteiger partial charge in [-0.05, 0) is 57.0 Å². The second kappa shape index (κ2) is 9.25. The van der Waals surface area contributed by atoms with E-state index in [0.29, 0.717) is 6.61 Å². The highest BCUT2D eigenvalue weighted by Gasteiger charge is 2.25. The maximum atomic E-state index is 5.72. The number of rotatable bonds is 6. The van der Waals surface area contributed by atoms with Gasteiger partial charge in [0.15, 0.2) is 11.5 Å². The molecule has 1 aliphatic rings. The molecule has 0 radical (unpaired) electrons. The first kappa shape index (κ1) is 19.7. The fourth-order valence-electron chi connectivity index (χ4n) is 4.04. The second-order valence-electron chi connectivity index (χ2n) is 7.31. The van der Waals surface area contributed by atoms with Gasteiger partial charge in [-0.2, -0.15) is 0 Å². The van der Waals surface area contributed by atoms with E-state index in [0.717, 1.165) is 44.1 Å². The van der Waals surface area contributed by atoms with Crippen molar-refractivity contribution in [2.75, 3.05) is 39.9 Å². The van der Waals surface area contributed by atoms with Crippen LogP contribution in [0, 0.1) is 13.8 Å².